The van der Waals surface area contributed by atoms with Crippen LogP contribution in [0.4, 0.5) is 10.5 Å². The highest BCUT2D eigenvalue weighted by molar-refractivity contribution is 5.82. The quantitative estimate of drug-likeness (QED) is 0.456. The number of carboxylic acid groups (broad SMARTS) is 1. The minimum atomic E-state index is -1.39. The Balaban J connectivity index is 1.47. The van der Waals surface area contributed by atoms with Crippen LogP contribution < -0.4 is 5.32 Å². The summed E-state index contributed by atoms with van der Waals surface area (Å²) in [7, 11) is 0. The number of nitro groups is 1. The van der Waals surface area contributed by atoms with E-state index >= 15 is 0 Å². The maximum atomic E-state index is 12.4. The summed E-state index contributed by atoms with van der Waals surface area (Å²) in [6.45, 7) is 0.0481. The van der Waals surface area contributed by atoms with Crippen molar-refractivity contribution in [2.24, 2.45) is 0 Å². The van der Waals surface area contributed by atoms with E-state index in [2.05, 4.69) is 5.32 Å². The van der Waals surface area contributed by atoms with Crippen molar-refractivity contribution >= 4 is 17.7 Å². The maximum Gasteiger partial charge on any atom is 0.408 e. The molecule has 1 amide bonds. The molecule has 8 nitrogen and oxygen atoms in total. The highest BCUT2D eigenvalue weighted by atomic mass is 16.6. The molecule has 1 atom stereocenters. The van der Waals surface area contributed by atoms with E-state index in [1.807, 2.05) is 48.5 Å². The Hall–Kier alpha value is -4.20. The van der Waals surface area contributed by atoms with Crippen LogP contribution in [0.2, 0.25) is 0 Å². The van der Waals surface area contributed by atoms with E-state index in [0.717, 1.165) is 22.3 Å². The summed E-state index contributed by atoms with van der Waals surface area (Å²) in [5, 5.41) is 22.6. The number of non-ortho nitro benzene ring substituents is 1. The van der Waals surface area contributed by atoms with Gasteiger partial charge in [-0.2, -0.15) is 0 Å². The molecule has 0 fully saturated rings. The molecule has 0 bridgehead atoms. The highest BCUT2D eigenvalue weighted by Gasteiger charge is 2.30. The Morgan fingerprint density at radius 2 is 1.52 bits per heavy atom. The van der Waals surface area contributed by atoms with Gasteiger partial charge in [-0.3, -0.25) is 10.1 Å². The molecule has 3 aromatic carbocycles. The summed E-state index contributed by atoms with van der Waals surface area (Å²) >= 11 is 0. The van der Waals surface area contributed by atoms with Gasteiger partial charge < -0.3 is 15.2 Å². The molecule has 0 saturated heterocycles. The van der Waals surface area contributed by atoms with E-state index in [0.29, 0.717) is 0 Å². The van der Waals surface area contributed by atoms with Crippen molar-refractivity contribution in [3.8, 4) is 11.1 Å². The number of alkyl carbamates (subject to hydrolysis) is 1. The van der Waals surface area contributed by atoms with E-state index in [-0.39, 0.29) is 23.8 Å². The molecular formula is C23H18N2O6. The number of benzene rings is 3. The van der Waals surface area contributed by atoms with Crippen molar-refractivity contribution in [1.82, 2.24) is 5.32 Å². The van der Waals surface area contributed by atoms with Crippen LogP contribution in [0, 0.1) is 10.1 Å². The molecule has 0 aromatic heterocycles. The molecule has 1 unspecified atom stereocenters. The normalized spacial score (nSPS) is 13.0. The molecule has 3 aromatic rings. The van der Waals surface area contributed by atoms with Gasteiger partial charge in [0.15, 0.2) is 6.04 Å². The molecule has 0 aliphatic heterocycles. The summed E-state index contributed by atoms with van der Waals surface area (Å²) in [6, 6.07) is 19.3. The summed E-state index contributed by atoms with van der Waals surface area (Å²) in [5.74, 6) is -1.46. The van der Waals surface area contributed by atoms with Gasteiger partial charge in [0.2, 0.25) is 0 Å². The number of hydrogen-bond acceptors (Lipinski definition) is 5. The van der Waals surface area contributed by atoms with E-state index in [1.165, 1.54) is 24.3 Å². The summed E-state index contributed by atoms with van der Waals surface area (Å²) in [5.41, 5.74) is 4.28. The third kappa shape index (κ3) is 3.95. The Labute approximate surface area is 177 Å². The molecule has 0 saturated carbocycles. The van der Waals surface area contributed by atoms with E-state index in [4.69, 9.17) is 4.74 Å². The van der Waals surface area contributed by atoms with Gasteiger partial charge in [0, 0.05) is 18.1 Å². The van der Waals surface area contributed by atoms with Crippen molar-refractivity contribution in [3.05, 3.63) is 99.6 Å². The number of hydrogen-bond donors (Lipinski definition) is 2. The lowest BCUT2D eigenvalue weighted by Gasteiger charge is -2.17. The topological polar surface area (TPSA) is 119 Å². The number of aliphatic carboxylic acids is 1. The van der Waals surface area contributed by atoms with Crippen molar-refractivity contribution < 1.29 is 24.4 Å². The van der Waals surface area contributed by atoms with Crippen LogP contribution >= 0.6 is 0 Å². The van der Waals surface area contributed by atoms with Gasteiger partial charge in [-0.1, -0.05) is 48.5 Å². The first-order valence-corrected chi connectivity index (χ1v) is 9.54. The number of carbonyl (C=O) groups is 2. The zero-order valence-corrected chi connectivity index (χ0v) is 16.2. The first-order chi connectivity index (χ1) is 15.0. The largest absolute Gasteiger partial charge is 0.479 e. The van der Waals surface area contributed by atoms with E-state index in [9.17, 15) is 24.8 Å². The van der Waals surface area contributed by atoms with Gasteiger partial charge in [0.05, 0.1) is 4.92 Å². The van der Waals surface area contributed by atoms with Crippen LogP contribution in [0.5, 0.6) is 0 Å². The van der Waals surface area contributed by atoms with Crippen LogP contribution in [-0.2, 0) is 9.53 Å². The molecular weight excluding hydrogens is 400 g/mol. The SMILES string of the molecule is O=C(NC(C(=O)O)c1ccc([N+](=O)[O-])cc1)OCC1c2ccccc2-c2ccccc21. The van der Waals surface area contributed by atoms with Gasteiger partial charge >= 0.3 is 12.1 Å². The number of amides is 1. The number of fused-ring (bicyclic) bond motifs is 3. The monoisotopic (exact) mass is 418 g/mol. The lowest BCUT2D eigenvalue weighted by molar-refractivity contribution is -0.384. The summed E-state index contributed by atoms with van der Waals surface area (Å²) in [6.07, 6.45) is -0.882. The van der Waals surface area contributed by atoms with Crippen molar-refractivity contribution in [2.45, 2.75) is 12.0 Å². The van der Waals surface area contributed by atoms with Gasteiger partial charge in [0.25, 0.3) is 5.69 Å². The molecule has 4 rings (SSSR count). The molecule has 2 N–H and O–H groups in total. The molecule has 1 aliphatic carbocycles. The summed E-state index contributed by atoms with van der Waals surface area (Å²) in [4.78, 5) is 34.2. The Morgan fingerprint density at radius 3 is 2.03 bits per heavy atom. The average molecular weight is 418 g/mol. The standard InChI is InChI=1S/C23H18N2O6/c26-22(27)21(14-9-11-15(12-10-14)25(29)30)24-23(28)31-13-20-18-7-3-1-5-16(18)17-6-2-4-8-19(17)20/h1-12,20-21H,13H2,(H,24,28)(H,26,27). The molecule has 0 heterocycles. The number of rotatable bonds is 6. The number of carboxylic acids is 1. The van der Waals surface area contributed by atoms with Crippen molar-refractivity contribution in [1.29, 1.82) is 0 Å². The molecule has 31 heavy (non-hydrogen) atoms. The van der Waals surface area contributed by atoms with Crippen LogP contribution in [-0.4, -0.2) is 28.7 Å². The number of nitrogens with one attached hydrogen (secondary N) is 1. The fraction of sp³-hybridized carbons (Fsp3) is 0.130. The molecule has 1 aliphatic rings. The second-order valence-corrected chi connectivity index (χ2v) is 7.09. The Kier molecular flexibility index (Phi) is 5.36. The highest BCUT2D eigenvalue weighted by Crippen LogP contribution is 2.44. The third-order valence-corrected chi connectivity index (χ3v) is 5.29. The number of nitro benzene ring substituents is 1. The van der Waals surface area contributed by atoms with Gasteiger partial charge in [0.1, 0.15) is 6.61 Å². The maximum absolute atomic E-state index is 12.4. The van der Waals surface area contributed by atoms with Crippen molar-refractivity contribution in [2.75, 3.05) is 6.61 Å². The smallest absolute Gasteiger partial charge is 0.408 e. The van der Waals surface area contributed by atoms with Crippen LogP contribution in [0.1, 0.15) is 28.7 Å². The second kappa shape index (κ2) is 8.27. The second-order valence-electron chi connectivity index (χ2n) is 7.09. The predicted molar refractivity (Wildman–Crippen MR) is 112 cm³/mol. The average Bonchev–Trinajstić information content (AvgIpc) is 3.10. The number of carbonyl (C=O) groups excluding carboxylic acids is 1. The van der Waals surface area contributed by atoms with E-state index < -0.39 is 23.0 Å². The van der Waals surface area contributed by atoms with Crippen molar-refractivity contribution in [3.63, 3.8) is 0 Å². The molecule has 0 spiro atoms. The van der Waals surface area contributed by atoms with Gasteiger partial charge in [-0.15, -0.1) is 0 Å². The summed E-state index contributed by atoms with van der Waals surface area (Å²) < 4.78 is 5.38. The van der Waals surface area contributed by atoms with Gasteiger partial charge in [-0.25, -0.2) is 9.59 Å². The Bertz CT molecular complexity index is 1110. The zero-order valence-electron chi connectivity index (χ0n) is 16.2. The fourth-order valence-electron chi connectivity index (χ4n) is 3.83. The van der Waals surface area contributed by atoms with Crippen LogP contribution in [0.15, 0.2) is 72.8 Å². The minimum Gasteiger partial charge on any atom is -0.479 e. The first kappa shape index (κ1) is 20.1. The predicted octanol–water partition coefficient (Wildman–Crippen LogP) is 4.26. The minimum absolute atomic E-state index is 0.0481. The first-order valence-electron chi connectivity index (χ1n) is 9.54. The molecule has 8 heteroatoms. The van der Waals surface area contributed by atoms with Gasteiger partial charge in [-0.05, 0) is 39.9 Å². The van der Waals surface area contributed by atoms with E-state index in [1.54, 1.807) is 0 Å². The number of ether oxygens (including phenoxy) is 1. The van der Waals surface area contributed by atoms with Crippen LogP contribution in [0.3, 0.4) is 0 Å². The third-order valence-electron chi connectivity index (χ3n) is 5.29. The molecule has 156 valence electrons. The number of nitrogens with zero attached hydrogens (tertiary/aromatic N) is 1. The van der Waals surface area contributed by atoms with Crippen LogP contribution in [0.25, 0.3) is 11.1 Å². The lowest BCUT2D eigenvalue weighted by atomic mass is 9.98. The molecule has 0 radical (unpaired) electrons. The Morgan fingerprint density at radius 1 is 0.968 bits per heavy atom. The fourth-order valence-corrected chi connectivity index (χ4v) is 3.83. The lowest BCUT2D eigenvalue weighted by Crippen LogP contribution is -2.34. The zero-order chi connectivity index (χ0) is 22.0.